The van der Waals surface area contributed by atoms with Crippen LogP contribution >= 0.6 is 0 Å². The van der Waals surface area contributed by atoms with Crippen molar-refractivity contribution in [2.24, 2.45) is 4.47 Å². The van der Waals surface area contributed by atoms with Crippen LogP contribution in [0.25, 0.3) is 10.6 Å². The van der Waals surface area contributed by atoms with E-state index >= 15 is 0 Å². The molecule has 1 heterocycles. The average molecular weight is 455 g/mol. The zero-order valence-corrected chi connectivity index (χ0v) is 15.5. The van der Waals surface area contributed by atoms with Crippen LogP contribution in [0.4, 0.5) is 30.7 Å². The van der Waals surface area contributed by atoms with Crippen LogP contribution in [-0.2, 0) is 16.1 Å². The molecule has 0 spiro atoms. The molecule has 0 saturated carbocycles. The maximum absolute atomic E-state index is 14.1. The predicted molar refractivity (Wildman–Crippen MR) is 90.4 cm³/mol. The summed E-state index contributed by atoms with van der Waals surface area (Å²) in [5.74, 6) is -8.77. The number of fused-ring (bicyclic) bond motifs is 1. The minimum Gasteiger partial charge on any atom is -0.382 e. The number of alkyl halides is 6. The van der Waals surface area contributed by atoms with E-state index in [1.165, 1.54) is 0 Å². The number of hydrogen-bond acceptors (Lipinski definition) is 3. The van der Waals surface area contributed by atoms with Crippen LogP contribution in [0, 0.1) is 12.4 Å². The van der Waals surface area contributed by atoms with Crippen LogP contribution in [0.3, 0.4) is 0 Å². The number of aromatic nitrogens is 1. The van der Waals surface area contributed by atoms with Gasteiger partial charge in [0.25, 0.3) is 12.3 Å². The Bertz CT molecular complexity index is 1150. The van der Waals surface area contributed by atoms with E-state index in [-0.39, 0.29) is 11.4 Å². The summed E-state index contributed by atoms with van der Waals surface area (Å²) in [6.45, 7) is 6.64. The Labute approximate surface area is 165 Å². The number of aliphatic hydroxyl groups is 1. The minimum atomic E-state index is -4.88. The molecule has 13 heteroatoms. The molecular formula is C17H12F7N3O2S. The molecule has 162 valence electrons. The molecule has 2 aromatic rings. The van der Waals surface area contributed by atoms with Gasteiger partial charge in [0.05, 0.1) is 10.5 Å². The van der Waals surface area contributed by atoms with Crippen molar-refractivity contribution in [1.29, 1.82) is 0 Å². The van der Waals surface area contributed by atoms with Gasteiger partial charge in [0.2, 0.25) is 9.73 Å². The molecule has 2 atom stereocenters. The van der Waals surface area contributed by atoms with Gasteiger partial charge < -0.3 is 9.67 Å². The first kappa shape index (κ1) is 22.1. The number of halogens is 7. The lowest BCUT2D eigenvalue weighted by molar-refractivity contribution is -0.123. The number of rotatable bonds is 4. The van der Waals surface area contributed by atoms with Crippen molar-refractivity contribution in [3.05, 3.63) is 58.6 Å². The van der Waals surface area contributed by atoms with Crippen molar-refractivity contribution >= 4 is 9.73 Å². The van der Waals surface area contributed by atoms with Gasteiger partial charge in [0.15, 0.2) is 4.47 Å². The number of benzene rings is 1. The molecule has 0 bridgehead atoms. The lowest BCUT2D eigenvalue weighted by atomic mass is 9.91. The van der Waals surface area contributed by atoms with E-state index in [4.69, 9.17) is 6.57 Å². The van der Waals surface area contributed by atoms with Crippen molar-refractivity contribution in [1.82, 2.24) is 4.57 Å². The molecule has 30 heavy (non-hydrogen) atoms. The van der Waals surface area contributed by atoms with Crippen LogP contribution in [0.15, 0.2) is 33.8 Å². The van der Waals surface area contributed by atoms with E-state index in [9.17, 15) is 40.0 Å². The summed E-state index contributed by atoms with van der Waals surface area (Å²) in [7, 11) is -4.88. The highest BCUT2D eigenvalue weighted by molar-refractivity contribution is 7.94. The summed E-state index contributed by atoms with van der Waals surface area (Å²) in [4.78, 5) is 1.34. The van der Waals surface area contributed by atoms with Gasteiger partial charge in [-0.2, -0.15) is 15.4 Å². The Morgan fingerprint density at radius 2 is 1.97 bits per heavy atom. The molecule has 1 aromatic heterocycles. The summed E-state index contributed by atoms with van der Waals surface area (Å²) in [6, 6.07) is 2.34. The Hall–Kier alpha value is -2.59. The zero-order valence-electron chi connectivity index (χ0n) is 14.7. The monoisotopic (exact) mass is 455 g/mol. The molecule has 0 saturated heterocycles. The number of hydrogen-bond donors (Lipinski definition) is 1. The molecule has 1 aliphatic rings. The Balaban J connectivity index is 2.37. The van der Waals surface area contributed by atoms with Crippen LogP contribution < -0.4 is 0 Å². The number of nitrogens with zero attached hydrogens (tertiary/aromatic N) is 3. The molecule has 1 unspecified atom stereocenters. The average Bonchev–Trinajstić information content (AvgIpc) is 3.05. The summed E-state index contributed by atoms with van der Waals surface area (Å²) < 4.78 is 111. The minimum absolute atomic E-state index is 0.205. The van der Waals surface area contributed by atoms with Crippen molar-refractivity contribution in [3.63, 3.8) is 0 Å². The molecule has 0 fully saturated rings. The second-order valence-electron chi connectivity index (χ2n) is 6.40. The zero-order chi connectivity index (χ0) is 22.4. The Morgan fingerprint density at radius 3 is 2.53 bits per heavy atom. The second kappa shape index (κ2) is 7.59. The maximum atomic E-state index is 14.1. The third kappa shape index (κ3) is 3.43. The fraction of sp³-hybridized carbons (Fsp3) is 0.353. The molecule has 1 aliphatic carbocycles. The van der Waals surface area contributed by atoms with E-state index < -0.39 is 68.6 Å². The largest absolute Gasteiger partial charge is 0.382 e. The lowest BCUT2D eigenvalue weighted by Crippen LogP contribution is -2.33. The summed E-state index contributed by atoms with van der Waals surface area (Å²) in [5.41, 5.74) is -2.26. The lowest BCUT2D eigenvalue weighted by Gasteiger charge is -2.29. The predicted octanol–water partition coefficient (Wildman–Crippen LogP) is 5.05. The van der Waals surface area contributed by atoms with Crippen LogP contribution in [0.1, 0.15) is 35.8 Å². The van der Waals surface area contributed by atoms with Gasteiger partial charge in [0.1, 0.15) is 11.9 Å². The van der Waals surface area contributed by atoms with Gasteiger partial charge in [-0.05, 0) is 24.6 Å². The third-order valence-electron chi connectivity index (χ3n) is 4.69. The topological polar surface area (TPSA) is 59.0 Å². The highest BCUT2D eigenvalue weighted by Crippen LogP contribution is 2.46. The Kier molecular flexibility index (Phi) is 5.59. The van der Waals surface area contributed by atoms with E-state index in [0.717, 1.165) is 10.6 Å². The van der Waals surface area contributed by atoms with Gasteiger partial charge in [-0.15, -0.1) is 4.95 Å². The van der Waals surface area contributed by atoms with E-state index in [1.54, 1.807) is 0 Å². The highest BCUT2D eigenvalue weighted by Gasteiger charge is 2.49. The quantitative estimate of drug-likeness (QED) is 0.399. The Morgan fingerprint density at radius 1 is 1.30 bits per heavy atom. The number of aliphatic hydroxyl groups excluding tert-OH is 1. The smallest absolute Gasteiger partial charge is 0.330 e. The summed E-state index contributed by atoms with van der Waals surface area (Å²) >= 11 is 0. The molecule has 0 radical (unpaired) electrons. The van der Waals surface area contributed by atoms with E-state index in [0.29, 0.717) is 18.3 Å². The van der Waals surface area contributed by atoms with Gasteiger partial charge in [-0.3, -0.25) is 0 Å². The van der Waals surface area contributed by atoms with Crippen LogP contribution in [0.2, 0.25) is 0 Å². The molecule has 5 nitrogen and oxygen atoms in total. The van der Waals surface area contributed by atoms with Gasteiger partial charge in [-0.1, -0.05) is 0 Å². The molecular weight excluding hydrogens is 443 g/mol. The van der Waals surface area contributed by atoms with E-state index in [1.807, 2.05) is 0 Å². The van der Waals surface area contributed by atoms with Crippen molar-refractivity contribution in [2.75, 3.05) is 0 Å². The third-order valence-corrected chi connectivity index (χ3v) is 6.46. The normalized spacial score (nSPS) is 20.0. The molecule has 1 aromatic carbocycles. The van der Waals surface area contributed by atoms with Crippen molar-refractivity contribution in [2.45, 2.75) is 41.9 Å². The summed E-state index contributed by atoms with van der Waals surface area (Å²) in [6.07, 6.45) is -6.61. The van der Waals surface area contributed by atoms with Gasteiger partial charge in [0, 0.05) is 29.6 Å². The molecule has 0 amide bonds. The first-order valence-electron chi connectivity index (χ1n) is 8.22. The molecule has 3 rings (SSSR count). The van der Waals surface area contributed by atoms with Crippen LogP contribution in [-0.4, -0.2) is 25.6 Å². The first-order chi connectivity index (χ1) is 13.9. The first-order valence-corrected chi connectivity index (χ1v) is 9.79. The second-order valence-corrected chi connectivity index (χ2v) is 8.50. The van der Waals surface area contributed by atoms with Crippen molar-refractivity contribution < 1.29 is 40.0 Å². The SMILES string of the molecule is [C-]#[N+]N=S(=O)(c1cn(-c2ccc(F)c(C(F)F)c2)c2c1[C@H](O)C(F)(F)CC2)C(F)F. The van der Waals surface area contributed by atoms with E-state index in [2.05, 4.69) is 9.43 Å². The summed E-state index contributed by atoms with van der Waals surface area (Å²) in [5, 5.41) is 10.1. The standard InChI is InChI=1S/C17H12F7N3O2S/c1-25-26-30(29,16(21)22)12-7-27(8-2-3-10(18)9(6-8)15(19)20)11-4-5-17(23,24)14(28)13(11)12/h2-3,6-7,14-16,28H,4-5H2/t14-,30?/m0/s1. The molecule has 0 aliphatic heterocycles. The van der Waals surface area contributed by atoms with Gasteiger partial charge >= 0.3 is 5.76 Å². The molecule has 1 N–H and O–H groups in total. The fourth-order valence-corrected chi connectivity index (χ4v) is 4.54. The highest BCUT2D eigenvalue weighted by atomic mass is 32.2. The van der Waals surface area contributed by atoms with Crippen LogP contribution in [0.5, 0.6) is 0 Å². The fourth-order valence-electron chi connectivity index (χ4n) is 3.27. The maximum Gasteiger partial charge on any atom is 0.330 e. The van der Waals surface area contributed by atoms with Gasteiger partial charge in [-0.25, -0.2) is 26.2 Å². The van der Waals surface area contributed by atoms with Crippen molar-refractivity contribution in [3.8, 4) is 5.69 Å².